The van der Waals surface area contributed by atoms with Crippen LogP contribution in [0.25, 0.3) is 27.5 Å². The fourth-order valence-corrected chi connectivity index (χ4v) is 4.29. The second-order valence-corrected chi connectivity index (χ2v) is 7.97. The van der Waals surface area contributed by atoms with Gasteiger partial charge in [0.1, 0.15) is 5.75 Å². The third-order valence-electron chi connectivity index (χ3n) is 5.48. The second-order valence-electron chi connectivity index (χ2n) is 7.54. The van der Waals surface area contributed by atoms with Gasteiger partial charge in [-0.3, -0.25) is 4.79 Å². The number of carboxylic acid groups (broad SMARTS) is 1. The zero-order valence-corrected chi connectivity index (χ0v) is 17.7. The van der Waals surface area contributed by atoms with Crippen LogP contribution in [0.1, 0.15) is 16.1 Å². The van der Waals surface area contributed by atoms with Gasteiger partial charge in [0.05, 0.1) is 22.1 Å². The van der Waals surface area contributed by atoms with Crippen molar-refractivity contribution < 1.29 is 15.0 Å². The number of hydrogen-bond acceptors (Lipinski definition) is 4. The molecule has 0 bridgehead atoms. The maximum Gasteiger partial charge on any atom is 0.354 e. The van der Waals surface area contributed by atoms with Crippen LogP contribution >= 0.6 is 11.6 Å². The van der Waals surface area contributed by atoms with Crippen molar-refractivity contribution in [1.82, 2.24) is 14.1 Å². The van der Waals surface area contributed by atoms with Gasteiger partial charge >= 0.3 is 11.7 Å². The zero-order valence-electron chi connectivity index (χ0n) is 16.9. The Kier molecular flexibility index (Phi) is 4.79. The number of nitrogens with zero attached hydrogens (tertiary/aromatic N) is 2. The van der Waals surface area contributed by atoms with E-state index in [9.17, 15) is 24.6 Å². The highest BCUT2D eigenvalue weighted by molar-refractivity contribution is 6.31. The lowest BCUT2D eigenvalue weighted by molar-refractivity contribution is 0.0686. The number of fused-ring (bicyclic) bond motifs is 2. The number of carboxylic acids is 1. The number of aromatic carboxylic acids is 1. The van der Waals surface area contributed by atoms with Crippen LogP contribution in [0.3, 0.4) is 0 Å². The summed E-state index contributed by atoms with van der Waals surface area (Å²) < 4.78 is 2.32. The molecule has 3 N–H and O–H groups in total. The number of aromatic nitrogens is 3. The van der Waals surface area contributed by atoms with Gasteiger partial charge in [-0.2, -0.15) is 0 Å². The molecule has 5 rings (SSSR count). The average Bonchev–Trinajstić information content (AvgIpc) is 3.07. The number of nitrogens with one attached hydrogen (secondary N) is 1. The third kappa shape index (κ3) is 3.37. The van der Waals surface area contributed by atoms with E-state index < -0.39 is 17.2 Å². The summed E-state index contributed by atoms with van der Waals surface area (Å²) in [5.74, 6) is -1.29. The maximum absolute atomic E-state index is 13.3. The normalized spacial score (nSPS) is 11.3. The van der Waals surface area contributed by atoms with Crippen LogP contribution in [-0.2, 0) is 6.54 Å². The summed E-state index contributed by atoms with van der Waals surface area (Å²) in [5.41, 5.74) is -0.283. The molecule has 33 heavy (non-hydrogen) atoms. The van der Waals surface area contributed by atoms with E-state index in [0.717, 1.165) is 4.57 Å². The number of halogens is 1. The van der Waals surface area contributed by atoms with Gasteiger partial charge in [0, 0.05) is 17.0 Å². The van der Waals surface area contributed by atoms with Gasteiger partial charge in [-0.15, -0.1) is 0 Å². The van der Waals surface area contributed by atoms with Crippen LogP contribution in [0, 0.1) is 0 Å². The van der Waals surface area contributed by atoms with Gasteiger partial charge < -0.3 is 19.8 Å². The molecule has 0 amide bonds. The molecule has 9 heteroatoms. The molecule has 164 valence electrons. The van der Waals surface area contributed by atoms with Crippen LogP contribution < -0.4 is 11.2 Å². The minimum atomic E-state index is -1.32. The van der Waals surface area contributed by atoms with Gasteiger partial charge in [0.2, 0.25) is 0 Å². The number of phenolic OH excluding ortho intramolecular Hbond substituents is 1. The molecule has 0 aliphatic carbocycles. The highest BCUT2D eigenvalue weighted by atomic mass is 35.5. The van der Waals surface area contributed by atoms with Gasteiger partial charge in [0.15, 0.2) is 5.69 Å². The Bertz CT molecular complexity index is 1700. The Labute approximate surface area is 190 Å². The Morgan fingerprint density at radius 1 is 0.970 bits per heavy atom. The Balaban J connectivity index is 1.91. The number of H-pyrrole nitrogens is 1. The molecule has 2 aromatic heterocycles. The van der Waals surface area contributed by atoms with Crippen LogP contribution in [0.5, 0.6) is 5.75 Å². The highest BCUT2D eigenvalue weighted by Crippen LogP contribution is 2.32. The van der Waals surface area contributed by atoms with Crippen molar-refractivity contribution in [3.8, 4) is 11.4 Å². The topological polar surface area (TPSA) is 117 Å². The molecule has 0 spiro atoms. The molecular formula is C24H16ClN3O5. The monoisotopic (exact) mass is 461 g/mol. The quantitative estimate of drug-likeness (QED) is 0.377. The Morgan fingerprint density at radius 3 is 2.52 bits per heavy atom. The molecule has 0 atom stereocenters. The zero-order chi connectivity index (χ0) is 23.3. The smallest absolute Gasteiger partial charge is 0.354 e. The van der Waals surface area contributed by atoms with E-state index in [1.54, 1.807) is 48.5 Å². The lowest BCUT2D eigenvalue weighted by Gasteiger charge is -2.10. The van der Waals surface area contributed by atoms with Crippen molar-refractivity contribution in [2.75, 3.05) is 0 Å². The number of phenols is 1. The molecule has 0 saturated heterocycles. The van der Waals surface area contributed by atoms with Gasteiger partial charge in [-0.05, 0) is 48.0 Å². The fraction of sp³-hybridized carbons (Fsp3) is 0.0417. The average molecular weight is 462 g/mol. The van der Waals surface area contributed by atoms with E-state index in [4.69, 9.17) is 11.6 Å². The molecule has 0 saturated carbocycles. The van der Waals surface area contributed by atoms with Crippen LogP contribution in [0.2, 0.25) is 5.02 Å². The summed E-state index contributed by atoms with van der Waals surface area (Å²) in [6, 6.07) is 17.7. The number of aromatic amines is 1. The second kappa shape index (κ2) is 7.68. The van der Waals surface area contributed by atoms with E-state index in [-0.39, 0.29) is 29.1 Å². The molecule has 3 aromatic carbocycles. The number of aromatic hydroxyl groups is 1. The number of para-hydroxylation sites is 1. The molecule has 0 aliphatic rings. The first-order valence-electron chi connectivity index (χ1n) is 9.92. The molecule has 0 fully saturated rings. The summed E-state index contributed by atoms with van der Waals surface area (Å²) in [6.45, 7) is 0.0778. The first-order chi connectivity index (χ1) is 15.8. The van der Waals surface area contributed by atoms with Crippen molar-refractivity contribution in [3.63, 3.8) is 0 Å². The summed E-state index contributed by atoms with van der Waals surface area (Å²) in [7, 11) is 0. The minimum absolute atomic E-state index is 0.0336. The largest absolute Gasteiger partial charge is 0.508 e. The van der Waals surface area contributed by atoms with Crippen molar-refractivity contribution >= 4 is 39.4 Å². The number of rotatable bonds is 4. The van der Waals surface area contributed by atoms with Crippen molar-refractivity contribution in [1.29, 1.82) is 0 Å². The van der Waals surface area contributed by atoms with Gasteiger partial charge in [0.25, 0.3) is 5.56 Å². The predicted octanol–water partition coefficient (Wildman–Crippen LogP) is 3.74. The molecule has 0 radical (unpaired) electrons. The molecule has 2 heterocycles. The maximum atomic E-state index is 13.3. The number of benzene rings is 3. The minimum Gasteiger partial charge on any atom is -0.508 e. The highest BCUT2D eigenvalue weighted by Gasteiger charge is 2.27. The lowest BCUT2D eigenvalue weighted by atomic mass is 10.2. The Hall–Kier alpha value is -4.30. The van der Waals surface area contributed by atoms with Crippen LogP contribution in [0.15, 0.2) is 76.3 Å². The van der Waals surface area contributed by atoms with Crippen LogP contribution in [0.4, 0.5) is 0 Å². The first-order valence-corrected chi connectivity index (χ1v) is 10.3. The van der Waals surface area contributed by atoms with E-state index in [1.165, 1.54) is 22.8 Å². The summed E-state index contributed by atoms with van der Waals surface area (Å²) in [4.78, 5) is 41.5. The SMILES string of the molecule is O=C(O)c1c(-n2c(=O)[nH]c3ccccc3c2=O)c2cc(Cl)ccc2n1Cc1cccc(O)c1. The van der Waals surface area contributed by atoms with Crippen molar-refractivity contribution in [3.05, 3.63) is 104 Å². The number of hydrogen-bond donors (Lipinski definition) is 3. The van der Waals surface area contributed by atoms with E-state index >= 15 is 0 Å². The first kappa shape index (κ1) is 20.6. The summed E-state index contributed by atoms with van der Waals surface area (Å²) >= 11 is 6.21. The lowest BCUT2D eigenvalue weighted by Crippen LogP contribution is -2.34. The molecule has 8 nitrogen and oxygen atoms in total. The van der Waals surface area contributed by atoms with Crippen molar-refractivity contribution in [2.24, 2.45) is 0 Å². The van der Waals surface area contributed by atoms with E-state index in [1.807, 2.05) is 0 Å². The summed E-state index contributed by atoms with van der Waals surface area (Å²) in [5, 5.41) is 20.9. The summed E-state index contributed by atoms with van der Waals surface area (Å²) in [6.07, 6.45) is 0. The molecule has 5 aromatic rings. The van der Waals surface area contributed by atoms with Crippen molar-refractivity contribution in [2.45, 2.75) is 6.54 Å². The number of carbonyl (C=O) groups is 1. The standard InChI is InChI=1S/C24H16ClN3O5/c25-14-8-9-19-17(11-14)20(28-22(30)16-6-1-2-7-18(16)26-24(28)33)21(23(31)32)27(19)12-13-4-3-5-15(29)10-13/h1-11,29H,12H2,(H,26,33)(H,31,32). The van der Waals surface area contributed by atoms with Gasteiger partial charge in [-0.1, -0.05) is 35.9 Å². The van der Waals surface area contributed by atoms with Crippen LogP contribution in [-0.4, -0.2) is 30.3 Å². The molecule has 0 aliphatic heterocycles. The Morgan fingerprint density at radius 2 is 1.76 bits per heavy atom. The van der Waals surface area contributed by atoms with E-state index in [2.05, 4.69) is 4.98 Å². The predicted molar refractivity (Wildman–Crippen MR) is 125 cm³/mol. The van der Waals surface area contributed by atoms with E-state index in [0.29, 0.717) is 27.0 Å². The third-order valence-corrected chi connectivity index (χ3v) is 5.72. The molecule has 0 unspecified atom stereocenters. The van der Waals surface area contributed by atoms with Gasteiger partial charge in [-0.25, -0.2) is 14.2 Å². The fourth-order valence-electron chi connectivity index (χ4n) is 4.12. The molecular weight excluding hydrogens is 446 g/mol.